The summed E-state index contributed by atoms with van der Waals surface area (Å²) in [5, 5.41) is 11.3. The van der Waals surface area contributed by atoms with Gasteiger partial charge in [-0.3, -0.25) is 19.2 Å². The largest absolute Gasteiger partial charge is 0.494 e. The summed E-state index contributed by atoms with van der Waals surface area (Å²) in [5.74, 6) is -1.19. The van der Waals surface area contributed by atoms with Crippen LogP contribution in [0.3, 0.4) is 0 Å². The lowest BCUT2D eigenvalue weighted by Crippen LogP contribution is -2.49. The average molecular weight is 467 g/mol. The van der Waals surface area contributed by atoms with Crippen molar-refractivity contribution < 1.29 is 33.9 Å². The highest BCUT2D eigenvalue weighted by atomic mass is 16.5. The van der Waals surface area contributed by atoms with Crippen LogP contribution in [0.25, 0.3) is 0 Å². The van der Waals surface area contributed by atoms with Gasteiger partial charge >= 0.3 is 0 Å². The molecule has 0 radical (unpaired) electrons. The Morgan fingerprint density at radius 3 is 1.41 bits per heavy atom. The van der Waals surface area contributed by atoms with E-state index in [1.807, 2.05) is 13.8 Å². The number of benzene rings is 2. The summed E-state index contributed by atoms with van der Waals surface area (Å²) < 4.78 is 10.7. The molecule has 0 aromatic heterocycles. The molecule has 0 saturated carbocycles. The van der Waals surface area contributed by atoms with Crippen molar-refractivity contribution in [3.63, 3.8) is 0 Å². The molecule has 2 saturated heterocycles. The van der Waals surface area contributed by atoms with Crippen LogP contribution in [0.1, 0.15) is 26.7 Å². The molecule has 2 aliphatic rings. The fourth-order valence-corrected chi connectivity index (χ4v) is 4.12. The van der Waals surface area contributed by atoms with E-state index >= 15 is 0 Å². The van der Waals surface area contributed by atoms with E-state index < -0.39 is 35.7 Å². The third kappa shape index (κ3) is 4.25. The number of carbonyl (C=O) groups is 4. The van der Waals surface area contributed by atoms with Crippen LogP contribution in [-0.2, 0) is 19.2 Å². The minimum atomic E-state index is -1.28. The molecular weight excluding hydrogens is 442 g/mol. The van der Waals surface area contributed by atoms with Crippen LogP contribution in [0.5, 0.6) is 11.5 Å². The topological polar surface area (TPSA) is 117 Å². The summed E-state index contributed by atoms with van der Waals surface area (Å²) in [4.78, 5) is 53.2. The maximum Gasteiger partial charge on any atom is 0.254 e. The first kappa shape index (κ1) is 23.4. The Morgan fingerprint density at radius 2 is 1.09 bits per heavy atom. The molecule has 0 spiro atoms. The number of amides is 4. The second kappa shape index (κ2) is 9.62. The van der Waals surface area contributed by atoms with Crippen molar-refractivity contribution in [2.75, 3.05) is 23.0 Å². The third-order valence-corrected chi connectivity index (χ3v) is 5.70. The highest BCUT2D eigenvalue weighted by Crippen LogP contribution is 2.31. The van der Waals surface area contributed by atoms with E-state index in [0.717, 1.165) is 9.80 Å². The van der Waals surface area contributed by atoms with E-state index in [4.69, 9.17) is 9.47 Å². The van der Waals surface area contributed by atoms with Crippen molar-refractivity contribution in [1.82, 2.24) is 5.06 Å². The third-order valence-electron chi connectivity index (χ3n) is 5.70. The van der Waals surface area contributed by atoms with Gasteiger partial charge in [0.15, 0.2) is 0 Å². The van der Waals surface area contributed by atoms with Crippen LogP contribution in [-0.4, -0.2) is 59.2 Å². The molecular formula is C24H25N3O7. The Labute approximate surface area is 196 Å². The quantitative estimate of drug-likeness (QED) is 0.464. The molecule has 4 rings (SSSR count). The monoisotopic (exact) mass is 467 g/mol. The van der Waals surface area contributed by atoms with Crippen molar-refractivity contribution in [2.24, 2.45) is 0 Å². The number of nitrogens with zero attached hydrogens (tertiary/aromatic N) is 3. The summed E-state index contributed by atoms with van der Waals surface area (Å²) in [6.07, 6.45) is -0.632. The van der Waals surface area contributed by atoms with Gasteiger partial charge in [-0.05, 0) is 62.4 Å². The molecule has 2 unspecified atom stereocenters. The van der Waals surface area contributed by atoms with Gasteiger partial charge in [0, 0.05) is 0 Å². The number of hydrogen-bond donors (Lipinski definition) is 1. The Kier molecular flexibility index (Phi) is 6.62. The van der Waals surface area contributed by atoms with Gasteiger partial charge < -0.3 is 14.7 Å². The predicted molar refractivity (Wildman–Crippen MR) is 121 cm³/mol. The summed E-state index contributed by atoms with van der Waals surface area (Å²) in [7, 11) is 0. The zero-order valence-corrected chi connectivity index (χ0v) is 18.8. The first-order chi connectivity index (χ1) is 16.3. The first-order valence-corrected chi connectivity index (χ1v) is 11.0. The molecule has 178 valence electrons. The van der Waals surface area contributed by atoms with Gasteiger partial charge in [0.2, 0.25) is 11.8 Å². The summed E-state index contributed by atoms with van der Waals surface area (Å²) in [6, 6.07) is 10.3. The fourth-order valence-electron chi connectivity index (χ4n) is 4.12. The lowest BCUT2D eigenvalue weighted by atomic mass is 10.1. The standard InChI is InChI=1S/C24H25N3O7/c1-3-33-17-9-5-15(6-10-17)25-21(28)13-19(23(25)30)27(32)20-14-22(29)26(24(20)31)16-7-11-18(12-8-16)34-4-2/h5-12,19-20,32H,3-4,13-14H2,1-2H3. The molecule has 1 N–H and O–H groups in total. The van der Waals surface area contributed by atoms with Gasteiger partial charge in [-0.15, -0.1) is 0 Å². The Balaban J connectivity index is 1.49. The van der Waals surface area contributed by atoms with Gasteiger partial charge in [0.25, 0.3) is 11.8 Å². The number of imide groups is 2. The highest BCUT2D eigenvalue weighted by molar-refractivity contribution is 6.24. The Morgan fingerprint density at radius 1 is 0.735 bits per heavy atom. The normalized spacial score (nSPS) is 20.6. The number of anilines is 2. The van der Waals surface area contributed by atoms with Gasteiger partial charge in [-0.25, -0.2) is 9.80 Å². The Hall–Kier alpha value is -3.76. The van der Waals surface area contributed by atoms with Crippen LogP contribution in [0.15, 0.2) is 48.5 Å². The van der Waals surface area contributed by atoms with Crippen molar-refractivity contribution in [3.05, 3.63) is 48.5 Å². The van der Waals surface area contributed by atoms with Gasteiger partial charge in [0.1, 0.15) is 23.6 Å². The highest BCUT2D eigenvalue weighted by Gasteiger charge is 2.50. The first-order valence-electron chi connectivity index (χ1n) is 11.0. The molecule has 2 aromatic rings. The molecule has 2 fully saturated rings. The smallest absolute Gasteiger partial charge is 0.254 e. The molecule has 34 heavy (non-hydrogen) atoms. The van der Waals surface area contributed by atoms with Crippen LogP contribution in [0.4, 0.5) is 11.4 Å². The van der Waals surface area contributed by atoms with Crippen molar-refractivity contribution in [3.8, 4) is 11.5 Å². The van der Waals surface area contributed by atoms with E-state index in [1.165, 1.54) is 0 Å². The molecule has 2 heterocycles. The molecule has 0 bridgehead atoms. The summed E-state index contributed by atoms with van der Waals surface area (Å²) in [6.45, 7) is 4.64. The molecule has 10 heteroatoms. The number of rotatable bonds is 8. The van der Waals surface area contributed by atoms with E-state index in [9.17, 15) is 24.4 Å². The van der Waals surface area contributed by atoms with Crippen molar-refractivity contribution in [1.29, 1.82) is 0 Å². The number of hydrogen-bond acceptors (Lipinski definition) is 8. The second-order valence-corrected chi connectivity index (χ2v) is 7.81. The van der Waals surface area contributed by atoms with E-state index in [2.05, 4.69) is 0 Å². The molecule has 4 amide bonds. The van der Waals surface area contributed by atoms with E-state index in [0.29, 0.717) is 41.2 Å². The number of hydroxylamine groups is 2. The zero-order valence-electron chi connectivity index (χ0n) is 18.8. The minimum absolute atomic E-state index is 0.316. The maximum atomic E-state index is 13.0. The van der Waals surface area contributed by atoms with Crippen molar-refractivity contribution >= 4 is 35.0 Å². The minimum Gasteiger partial charge on any atom is -0.494 e. The molecule has 2 aliphatic heterocycles. The number of carbonyl (C=O) groups excluding carboxylic acids is 4. The molecule has 10 nitrogen and oxygen atoms in total. The number of ether oxygens (including phenoxy) is 2. The summed E-state index contributed by atoms with van der Waals surface area (Å²) in [5.41, 5.74) is 0.665. The van der Waals surface area contributed by atoms with Gasteiger partial charge in [-0.1, -0.05) is 0 Å². The summed E-state index contributed by atoms with van der Waals surface area (Å²) >= 11 is 0. The van der Waals surface area contributed by atoms with Crippen LogP contribution in [0.2, 0.25) is 0 Å². The van der Waals surface area contributed by atoms with E-state index in [1.54, 1.807) is 48.5 Å². The van der Waals surface area contributed by atoms with Gasteiger partial charge in [-0.2, -0.15) is 5.06 Å². The SMILES string of the molecule is CCOc1ccc(N2C(=O)CC(N(O)C3CC(=O)N(c4ccc(OCC)cc4)C3=O)C2=O)cc1. The lowest BCUT2D eigenvalue weighted by molar-refractivity contribution is -0.172. The van der Waals surface area contributed by atoms with Crippen LogP contribution >= 0.6 is 0 Å². The van der Waals surface area contributed by atoms with Crippen LogP contribution < -0.4 is 19.3 Å². The van der Waals surface area contributed by atoms with Gasteiger partial charge in [0.05, 0.1) is 37.4 Å². The van der Waals surface area contributed by atoms with Crippen molar-refractivity contribution in [2.45, 2.75) is 38.8 Å². The van der Waals surface area contributed by atoms with Crippen LogP contribution in [0, 0.1) is 0 Å². The Bertz CT molecular complexity index is 1010. The molecule has 2 atom stereocenters. The fraction of sp³-hybridized carbons (Fsp3) is 0.333. The molecule has 0 aliphatic carbocycles. The predicted octanol–water partition coefficient (Wildman–Crippen LogP) is 2.14. The van der Waals surface area contributed by atoms with E-state index in [-0.39, 0.29) is 12.8 Å². The molecule has 2 aromatic carbocycles. The second-order valence-electron chi connectivity index (χ2n) is 7.81. The average Bonchev–Trinajstić information content (AvgIpc) is 3.29. The maximum absolute atomic E-state index is 13.0. The zero-order chi connectivity index (χ0) is 24.4. The lowest BCUT2D eigenvalue weighted by Gasteiger charge is -2.25.